The summed E-state index contributed by atoms with van der Waals surface area (Å²) in [6, 6.07) is 0. The molecule has 0 aliphatic carbocycles. The molecule has 100 valence electrons. The molecule has 1 amide bonds. The Morgan fingerprint density at radius 3 is 3.06 bits per heavy atom. The van der Waals surface area contributed by atoms with Gasteiger partial charge in [-0.1, -0.05) is 13.3 Å². The molecular weight excluding hydrogens is 230 g/mol. The number of carbonyl (C=O) groups excluding carboxylic acids is 1. The topological polar surface area (TPSA) is 71.8 Å². The molecule has 2 rings (SSSR count). The first kappa shape index (κ1) is 13.0. The van der Waals surface area contributed by atoms with Gasteiger partial charge in [-0.15, -0.1) is 10.2 Å². The smallest absolute Gasteiger partial charge is 0.240 e. The van der Waals surface area contributed by atoms with Crippen LogP contribution in [0.2, 0.25) is 0 Å². The van der Waals surface area contributed by atoms with Crippen LogP contribution in [0.5, 0.6) is 0 Å². The molecule has 1 aromatic heterocycles. The van der Waals surface area contributed by atoms with Gasteiger partial charge in [-0.05, 0) is 25.8 Å². The number of rotatable bonds is 5. The Balaban J connectivity index is 1.96. The number of hydrogen-bond acceptors (Lipinski definition) is 4. The van der Waals surface area contributed by atoms with Crippen molar-refractivity contribution >= 4 is 5.91 Å². The van der Waals surface area contributed by atoms with Gasteiger partial charge in [0.2, 0.25) is 5.91 Å². The van der Waals surface area contributed by atoms with Gasteiger partial charge in [-0.3, -0.25) is 4.79 Å². The lowest BCUT2D eigenvalue weighted by Crippen LogP contribution is -2.53. The molecule has 18 heavy (non-hydrogen) atoms. The quantitative estimate of drug-likeness (QED) is 0.792. The monoisotopic (exact) mass is 251 g/mol. The number of hydrogen-bond donors (Lipinski definition) is 2. The minimum Gasteiger partial charge on any atom is -0.347 e. The maximum Gasteiger partial charge on any atom is 0.240 e. The van der Waals surface area contributed by atoms with Crippen molar-refractivity contribution in [2.24, 2.45) is 7.05 Å². The van der Waals surface area contributed by atoms with Crippen LogP contribution in [0.4, 0.5) is 0 Å². The molecular formula is C12H21N5O. The van der Waals surface area contributed by atoms with Crippen LogP contribution >= 0.6 is 0 Å². The second-order valence-corrected chi connectivity index (χ2v) is 4.90. The average Bonchev–Trinajstić information content (AvgIpc) is 2.97. The molecule has 0 radical (unpaired) electrons. The van der Waals surface area contributed by atoms with Gasteiger partial charge in [0.15, 0.2) is 5.82 Å². The van der Waals surface area contributed by atoms with Crippen LogP contribution in [0.3, 0.4) is 0 Å². The summed E-state index contributed by atoms with van der Waals surface area (Å²) in [4.78, 5) is 12.3. The fourth-order valence-corrected chi connectivity index (χ4v) is 2.55. The van der Waals surface area contributed by atoms with Crippen molar-refractivity contribution in [3.8, 4) is 0 Å². The number of amides is 1. The molecule has 0 spiro atoms. The van der Waals surface area contributed by atoms with Crippen molar-refractivity contribution < 1.29 is 4.79 Å². The zero-order valence-corrected chi connectivity index (χ0v) is 11.1. The molecule has 6 nitrogen and oxygen atoms in total. The maximum atomic E-state index is 12.3. The second-order valence-electron chi connectivity index (χ2n) is 4.90. The summed E-state index contributed by atoms with van der Waals surface area (Å²) in [6.07, 6.45) is 5.52. The Bertz CT molecular complexity index is 408. The first-order valence-electron chi connectivity index (χ1n) is 6.54. The lowest BCUT2D eigenvalue weighted by atomic mass is 9.91. The molecule has 1 saturated heterocycles. The Labute approximate surface area is 107 Å². The number of nitrogens with zero attached hydrogens (tertiary/aromatic N) is 3. The zero-order valence-electron chi connectivity index (χ0n) is 11.1. The molecule has 1 fully saturated rings. The van der Waals surface area contributed by atoms with E-state index in [4.69, 9.17) is 0 Å². The van der Waals surface area contributed by atoms with E-state index in [0.717, 1.165) is 38.1 Å². The predicted molar refractivity (Wildman–Crippen MR) is 67.7 cm³/mol. The zero-order chi connectivity index (χ0) is 13.0. The highest BCUT2D eigenvalue weighted by Gasteiger charge is 2.39. The molecule has 1 aliphatic rings. The number of aryl methyl sites for hydroxylation is 1. The third-order valence-corrected chi connectivity index (χ3v) is 3.57. The van der Waals surface area contributed by atoms with Crippen LogP contribution in [0.1, 0.15) is 38.4 Å². The largest absolute Gasteiger partial charge is 0.347 e. The molecule has 1 atom stereocenters. The van der Waals surface area contributed by atoms with Crippen molar-refractivity contribution in [2.75, 3.05) is 6.54 Å². The van der Waals surface area contributed by atoms with Gasteiger partial charge in [-0.25, -0.2) is 0 Å². The molecule has 1 aliphatic heterocycles. The minimum atomic E-state index is -0.368. The molecule has 1 aromatic rings. The van der Waals surface area contributed by atoms with E-state index in [2.05, 4.69) is 27.8 Å². The Hall–Kier alpha value is -1.43. The van der Waals surface area contributed by atoms with Crippen LogP contribution in [0.15, 0.2) is 6.33 Å². The Morgan fingerprint density at radius 2 is 2.50 bits per heavy atom. The van der Waals surface area contributed by atoms with Crippen molar-refractivity contribution in [3.05, 3.63) is 12.2 Å². The van der Waals surface area contributed by atoms with E-state index >= 15 is 0 Å². The van der Waals surface area contributed by atoms with Crippen molar-refractivity contribution in [2.45, 2.75) is 44.7 Å². The van der Waals surface area contributed by atoms with Gasteiger partial charge in [0.05, 0.1) is 12.1 Å². The fraction of sp³-hybridized carbons (Fsp3) is 0.750. The molecule has 1 unspecified atom stereocenters. The average molecular weight is 251 g/mol. The van der Waals surface area contributed by atoms with Gasteiger partial charge < -0.3 is 15.2 Å². The van der Waals surface area contributed by atoms with Crippen molar-refractivity contribution in [3.63, 3.8) is 0 Å². The highest BCUT2D eigenvalue weighted by molar-refractivity contribution is 5.86. The minimum absolute atomic E-state index is 0.0878. The van der Waals surface area contributed by atoms with E-state index in [1.54, 1.807) is 6.33 Å². The summed E-state index contributed by atoms with van der Waals surface area (Å²) in [7, 11) is 1.87. The van der Waals surface area contributed by atoms with E-state index in [-0.39, 0.29) is 11.4 Å². The van der Waals surface area contributed by atoms with Crippen LogP contribution in [0.25, 0.3) is 0 Å². The molecule has 6 heteroatoms. The fourth-order valence-electron chi connectivity index (χ4n) is 2.55. The van der Waals surface area contributed by atoms with Gasteiger partial charge in [0.25, 0.3) is 0 Å². The van der Waals surface area contributed by atoms with Gasteiger partial charge >= 0.3 is 0 Å². The molecule has 0 bridgehead atoms. The predicted octanol–water partition coefficient (Wildman–Crippen LogP) is 0.354. The van der Waals surface area contributed by atoms with E-state index in [1.165, 1.54) is 0 Å². The van der Waals surface area contributed by atoms with Crippen LogP contribution in [-0.2, 0) is 18.4 Å². The van der Waals surface area contributed by atoms with E-state index in [1.807, 2.05) is 11.6 Å². The molecule has 2 N–H and O–H groups in total. The summed E-state index contributed by atoms with van der Waals surface area (Å²) in [5, 5.41) is 14.1. The summed E-state index contributed by atoms with van der Waals surface area (Å²) < 4.78 is 1.81. The molecule has 0 aromatic carbocycles. The third kappa shape index (κ3) is 2.53. The number of carbonyl (C=O) groups is 1. The van der Waals surface area contributed by atoms with E-state index in [9.17, 15) is 4.79 Å². The van der Waals surface area contributed by atoms with Crippen molar-refractivity contribution in [1.29, 1.82) is 0 Å². The molecule has 2 heterocycles. The van der Waals surface area contributed by atoms with E-state index in [0.29, 0.717) is 6.54 Å². The van der Waals surface area contributed by atoms with Gasteiger partial charge in [0, 0.05) is 7.05 Å². The highest BCUT2D eigenvalue weighted by atomic mass is 16.2. The SMILES string of the molecule is CCCC1(C(=O)NCc2nncn2C)CCCN1. The standard InChI is InChI=1S/C12H21N5O/c1-3-5-12(6-4-7-14-12)11(18)13-8-10-16-15-9-17(10)2/h9,14H,3-8H2,1-2H3,(H,13,18). The summed E-state index contributed by atoms with van der Waals surface area (Å²) >= 11 is 0. The van der Waals surface area contributed by atoms with Crippen LogP contribution in [0, 0.1) is 0 Å². The number of aromatic nitrogens is 3. The van der Waals surface area contributed by atoms with Gasteiger partial charge in [0.1, 0.15) is 6.33 Å². The summed E-state index contributed by atoms with van der Waals surface area (Å²) in [5.41, 5.74) is -0.368. The normalized spacial score (nSPS) is 23.2. The lowest BCUT2D eigenvalue weighted by molar-refractivity contribution is -0.127. The highest BCUT2D eigenvalue weighted by Crippen LogP contribution is 2.24. The maximum absolute atomic E-state index is 12.3. The first-order valence-corrected chi connectivity index (χ1v) is 6.54. The summed E-state index contributed by atoms with van der Waals surface area (Å²) in [5.74, 6) is 0.859. The first-order chi connectivity index (χ1) is 8.68. The number of nitrogens with one attached hydrogen (secondary N) is 2. The van der Waals surface area contributed by atoms with E-state index < -0.39 is 0 Å². The molecule has 0 saturated carbocycles. The summed E-state index contributed by atoms with van der Waals surface area (Å²) in [6.45, 7) is 3.47. The van der Waals surface area contributed by atoms with Gasteiger partial charge in [-0.2, -0.15) is 0 Å². The van der Waals surface area contributed by atoms with Crippen LogP contribution in [-0.4, -0.2) is 32.8 Å². The Morgan fingerprint density at radius 1 is 1.67 bits per heavy atom. The second kappa shape index (κ2) is 5.48. The Kier molecular flexibility index (Phi) is 3.96. The third-order valence-electron chi connectivity index (χ3n) is 3.57. The lowest BCUT2D eigenvalue weighted by Gasteiger charge is -2.27. The van der Waals surface area contributed by atoms with Crippen LogP contribution < -0.4 is 10.6 Å². The van der Waals surface area contributed by atoms with Crippen molar-refractivity contribution in [1.82, 2.24) is 25.4 Å².